The Labute approximate surface area is 212 Å². The van der Waals surface area contributed by atoms with Gasteiger partial charge in [-0.15, -0.1) is 0 Å². The van der Waals surface area contributed by atoms with Crippen LogP contribution in [-0.2, 0) is 6.61 Å². The summed E-state index contributed by atoms with van der Waals surface area (Å²) >= 11 is 9.86. The summed E-state index contributed by atoms with van der Waals surface area (Å²) in [5, 5.41) is 10.5. The van der Waals surface area contributed by atoms with E-state index in [-0.39, 0.29) is 0 Å². The van der Waals surface area contributed by atoms with Crippen LogP contribution in [0.25, 0.3) is 22.7 Å². The lowest BCUT2D eigenvalue weighted by atomic mass is 10.1. The number of rotatable bonds is 7. The number of hydrogen-bond acceptors (Lipinski definition) is 4. The number of halogens is 2. The number of allylic oxidation sites excluding steroid dienone is 1. The van der Waals surface area contributed by atoms with Crippen LogP contribution in [-0.4, -0.2) is 16.6 Å². The Bertz CT molecular complexity index is 1400. The Balaban J connectivity index is 1.68. The second kappa shape index (κ2) is 10.3. The van der Waals surface area contributed by atoms with E-state index in [0.29, 0.717) is 45.6 Å². The molecule has 0 spiro atoms. The summed E-state index contributed by atoms with van der Waals surface area (Å²) in [7, 11) is 0. The Morgan fingerprint density at radius 1 is 1.15 bits per heavy atom. The number of aromatic amines is 1. The SMILES string of the molecule is CCOc1cc(/C=C(\C#N)c2nc3cc(C)c(C)cc3[nH]2)cc(Br)c1OCc1ccccc1Cl. The Hall–Kier alpha value is -3.27. The number of H-pyrrole nitrogens is 1. The summed E-state index contributed by atoms with van der Waals surface area (Å²) in [5.41, 5.74) is 6.14. The van der Waals surface area contributed by atoms with E-state index < -0.39 is 0 Å². The standard InChI is InChI=1S/C27H23BrClN3O2/c1-4-33-25-13-18(12-21(28)26(25)34-15-19-7-5-6-8-22(19)29)11-20(14-30)27-31-23-9-16(2)17(3)10-24(23)32-27/h5-13H,4,15H2,1-3H3,(H,31,32)/b20-11+. The molecule has 7 heteroatoms. The van der Waals surface area contributed by atoms with E-state index in [2.05, 4.69) is 38.9 Å². The number of ether oxygens (including phenoxy) is 2. The minimum atomic E-state index is 0.300. The predicted octanol–water partition coefficient (Wildman–Crippen LogP) is 7.64. The Morgan fingerprint density at radius 3 is 2.65 bits per heavy atom. The van der Waals surface area contributed by atoms with Crippen LogP contribution in [0.15, 0.2) is 53.0 Å². The zero-order valence-electron chi connectivity index (χ0n) is 19.1. The highest BCUT2D eigenvalue weighted by molar-refractivity contribution is 9.10. The molecule has 0 aliphatic heterocycles. The van der Waals surface area contributed by atoms with Gasteiger partial charge in [0, 0.05) is 10.6 Å². The fourth-order valence-corrected chi connectivity index (χ4v) is 4.32. The number of fused-ring (bicyclic) bond motifs is 1. The molecule has 0 aliphatic rings. The molecule has 34 heavy (non-hydrogen) atoms. The number of nitriles is 1. The number of benzene rings is 3. The molecule has 0 saturated carbocycles. The van der Waals surface area contributed by atoms with Crippen LogP contribution in [0.3, 0.4) is 0 Å². The number of nitrogens with one attached hydrogen (secondary N) is 1. The largest absolute Gasteiger partial charge is 0.490 e. The fraction of sp³-hybridized carbons (Fsp3) is 0.185. The van der Waals surface area contributed by atoms with Crippen molar-refractivity contribution in [3.63, 3.8) is 0 Å². The molecule has 0 radical (unpaired) electrons. The molecule has 0 unspecified atom stereocenters. The molecule has 0 aliphatic carbocycles. The number of hydrogen-bond donors (Lipinski definition) is 1. The maximum atomic E-state index is 9.85. The Morgan fingerprint density at radius 2 is 1.91 bits per heavy atom. The molecule has 0 fully saturated rings. The first-order chi connectivity index (χ1) is 16.4. The van der Waals surface area contributed by atoms with Gasteiger partial charge in [0.05, 0.1) is 27.7 Å². The zero-order chi connectivity index (χ0) is 24.2. The minimum absolute atomic E-state index is 0.300. The monoisotopic (exact) mass is 535 g/mol. The fourth-order valence-electron chi connectivity index (χ4n) is 3.56. The van der Waals surface area contributed by atoms with Crippen LogP contribution in [0.5, 0.6) is 11.5 Å². The van der Waals surface area contributed by atoms with Gasteiger partial charge in [0.25, 0.3) is 0 Å². The summed E-state index contributed by atoms with van der Waals surface area (Å²) in [5.74, 6) is 1.67. The number of nitrogens with zero attached hydrogens (tertiary/aromatic N) is 2. The number of imidazole rings is 1. The van der Waals surface area contributed by atoms with E-state index in [4.69, 9.17) is 21.1 Å². The zero-order valence-corrected chi connectivity index (χ0v) is 21.4. The second-order valence-electron chi connectivity index (χ2n) is 7.85. The topological polar surface area (TPSA) is 70.9 Å². The van der Waals surface area contributed by atoms with Gasteiger partial charge in [-0.2, -0.15) is 5.26 Å². The van der Waals surface area contributed by atoms with E-state index in [1.54, 1.807) is 6.08 Å². The normalized spacial score (nSPS) is 11.5. The summed E-state index contributed by atoms with van der Waals surface area (Å²) < 4.78 is 12.6. The van der Waals surface area contributed by atoms with Crippen LogP contribution in [0.4, 0.5) is 0 Å². The van der Waals surface area contributed by atoms with Gasteiger partial charge in [-0.25, -0.2) is 4.98 Å². The van der Waals surface area contributed by atoms with Crippen LogP contribution in [0.2, 0.25) is 5.02 Å². The molecular weight excluding hydrogens is 514 g/mol. The van der Waals surface area contributed by atoms with Crippen molar-refractivity contribution in [2.75, 3.05) is 6.61 Å². The smallest absolute Gasteiger partial charge is 0.175 e. The predicted molar refractivity (Wildman–Crippen MR) is 140 cm³/mol. The van der Waals surface area contributed by atoms with E-state index >= 15 is 0 Å². The van der Waals surface area contributed by atoms with Crippen molar-refractivity contribution in [1.82, 2.24) is 9.97 Å². The van der Waals surface area contributed by atoms with Crippen molar-refractivity contribution in [2.45, 2.75) is 27.4 Å². The van der Waals surface area contributed by atoms with Gasteiger partial charge in [-0.3, -0.25) is 0 Å². The maximum absolute atomic E-state index is 9.85. The van der Waals surface area contributed by atoms with Crippen molar-refractivity contribution < 1.29 is 9.47 Å². The third kappa shape index (κ3) is 5.11. The molecule has 0 bridgehead atoms. The minimum Gasteiger partial charge on any atom is -0.490 e. The quantitative estimate of drug-likeness (QED) is 0.246. The highest BCUT2D eigenvalue weighted by atomic mass is 79.9. The molecule has 3 aromatic carbocycles. The molecule has 4 rings (SSSR count). The van der Waals surface area contributed by atoms with Crippen LogP contribution in [0, 0.1) is 25.2 Å². The maximum Gasteiger partial charge on any atom is 0.175 e. The lowest BCUT2D eigenvalue weighted by Crippen LogP contribution is -2.01. The molecule has 0 amide bonds. The average Bonchev–Trinajstić information content (AvgIpc) is 3.21. The highest BCUT2D eigenvalue weighted by Crippen LogP contribution is 2.38. The van der Waals surface area contributed by atoms with E-state index in [1.165, 1.54) is 5.56 Å². The van der Waals surface area contributed by atoms with Gasteiger partial charge in [-0.1, -0.05) is 29.8 Å². The van der Waals surface area contributed by atoms with Crippen molar-refractivity contribution in [3.05, 3.63) is 86.1 Å². The van der Waals surface area contributed by atoms with E-state index in [0.717, 1.165) is 27.7 Å². The van der Waals surface area contributed by atoms with Gasteiger partial charge < -0.3 is 14.5 Å². The summed E-state index contributed by atoms with van der Waals surface area (Å²) in [6, 6.07) is 17.6. The van der Waals surface area contributed by atoms with Crippen molar-refractivity contribution in [2.24, 2.45) is 0 Å². The molecule has 0 atom stereocenters. The Kier molecular flexibility index (Phi) is 7.26. The van der Waals surface area contributed by atoms with Crippen LogP contribution < -0.4 is 9.47 Å². The summed E-state index contributed by atoms with van der Waals surface area (Å²) in [6.45, 7) is 6.78. The molecule has 0 saturated heterocycles. The molecule has 5 nitrogen and oxygen atoms in total. The summed E-state index contributed by atoms with van der Waals surface area (Å²) in [4.78, 5) is 7.89. The van der Waals surface area contributed by atoms with Crippen LogP contribution >= 0.6 is 27.5 Å². The first-order valence-electron chi connectivity index (χ1n) is 10.8. The van der Waals surface area contributed by atoms with Crippen molar-refractivity contribution in [3.8, 4) is 17.6 Å². The lowest BCUT2D eigenvalue weighted by Gasteiger charge is -2.15. The van der Waals surface area contributed by atoms with Crippen molar-refractivity contribution >= 4 is 50.2 Å². The molecule has 172 valence electrons. The second-order valence-corrected chi connectivity index (χ2v) is 9.11. The molecule has 1 N–H and O–H groups in total. The third-order valence-corrected chi connectivity index (χ3v) is 6.40. The van der Waals surface area contributed by atoms with Crippen LogP contribution in [0.1, 0.15) is 35.0 Å². The third-order valence-electron chi connectivity index (χ3n) is 5.45. The van der Waals surface area contributed by atoms with Gasteiger partial charge in [0.2, 0.25) is 0 Å². The van der Waals surface area contributed by atoms with E-state index in [1.807, 2.05) is 62.4 Å². The van der Waals surface area contributed by atoms with E-state index in [9.17, 15) is 5.26 Å². The van der Waals surface area contributed by atoms with Gasteiger partial charge in [0.1, 0.15) is 18.5 Å². The van der Waals surface area contributed by atoms with Gasteiger partial charge in [0.15, 0.2) is 11.5 Å². The number of aryl methyl sites for hydroxylation is 2. The molecule has 4 aromatic rings. The molecule has 1 aromatic heterocycles. The molecular formula is C27H23BrClN3O2. The van der Waals surface area contributed by atoms with Gasteiger partial charge in [-0.05, 0) is 89.8 Å². The number of aromatic nitrogens is 2. The first kappa shape index (κ1) is 23.9. The van der Waals surface area contributed by atoms with Gasteiger partial charge >= 0.3 is 0 Å². The average molecular weight is 537 g/mol. The molecule has 1 heterocycles. The van der Waals surface area contributed by atoms with Crippen molar-refractivity contribution in [1.29, 1.82) is 5.26 Å². The first-order valence-corrected chi connectivity index (χ1v) is 12.0. The highest BCUT2D eigenvalue weighted by Gasteiger charge is 2.15. The summed E-state index contributed by atoms with van der Waals surface area (Å²) in [6.07, 6.45) is 1.78. The lowest BCUT2D eigenvalue weighted by molar-refractivity contribution is 0.267.